The normalized spacial score (nSPS) is 14.5. The van der Waals surface area contributed by atoms with E-state index in [9.17, 15) is 9.59 Å². The Hall–Kier alpha value is -1.81. The molecule has 1 heterocycles. The molecular weight excluding hydrogens is 302 g/mol. The number of aliphatic carboxylic acids is 1. The molecule has 0 amide bonds. The summed E-state index contributed by atoms with van der Waals surface area (Å²) in [4.78, 5) is 23.6. The van der Waals surface area contributed by atoms with Crippen molar-refractivity contribution < 1.29 is 9.90 Å². The minimum Gasteiger partial charge on any atom is -0.481 e. The summed E-state index contributed by atoms with van der Waals surface area (Å²) in [5.74, 6) is -0.885. The molecule has 0 atom stereocenters. The van der Waals surface area contributed by atoms with Gasteiger partial charge >= 0.3 is 5.97 Å². The lowest BCUT2D eigenvalue weighted by molar-refractivity contribution is -0.136. The van der Waals surface area contributed by atoms with E-state index in [-0.39, 0.29) is 18.3 Å². The molecule has 4 nitrogen and oxygen atoms in total. The number of hydrogen-bond acceptors (Lipinski definition) is 2. The van der Waals surface area contributed by atoms with Crippen LogP contribution in [-0.4, -0.2) is 15.6 Å². The van der Waals surface area contributed by atoms with Crippen LogP contribution in [0.3, 0.4) is 0 Å². The summed E-state index contributed by atoms with van der Waals surface area (Å²) in [6, 6.07) is 3.90. The first-order valence-corrected chi connectivity index (χ1v) is 7.84. The predicted molar refractivity (Wildman–Crippen MR) is 86.9 cm³/mol. The number of aryl methyl sites for hydroxylation is 1. The Balaban J connectivity index is 2.33. The van der Waals surface area contributed by atoms with E-state index in [2.05, 4.69) is 4.57 Å². The Morgan fingerprint density at radius 1 is 1.36 bits per heavy atom. The number of pyridine rings is 1. The second-order valence-electron chi connectivity index (χ2n) is 5.96. The first-order valence-electron chi connectivity index (χ1n) is 7.46. The number of rotatable bonds is 4. The second kappa shape index (κ2) is 5.43. The highest BCUT2D eigenvalue weighted by Gasteiger charge is 2.28. The van der Waals surface area contributed by atoms with Crippen molar-refractivity contribution in [3.05, 3.63) is 44.2 Å². The molecule has 1 fully saturated rings. The summed E-state index contributed by atoms with van der Waals surface area (Å²) >= 11 is 6.24. The first-order chi connectivity index (χ1) is 10.4. The molecule has 0 aliphatic heterocycles. The van der Waals surface area contributed by atoms with E-state index in [4.69, 9.17) is 16.7 Å². The number of aromatic nitrogens is 1. The number of carbonyl (C=O) groups is 1. The molecule has 1 saturated carbocycles. The summed E-state index contributed by atoms with van der Waals surface area (Å²) < 4.78 is 2.19. The van der Waals surface area contributed by atoms with Gasteiger partial charge in [-0.15, -0.1) is 0 Å². The third-order valence-corrected chi connectivity index (χ3v) is 4.83. The van der Waals surface area contributed by atoms with Crippen molar-refractivity contribution in [2.75, 3.05) is 0 Å². The van der Waals surface area contributed by atoms with Gasteiger partial charge in [0.15, 0.2) is 5.43 Å². The summed E-state index contributed by atoms with van der Waals surface area (Å²) in [5.41, 5.74) is 3.24. The van der Waals surface area contributed by atoms with E-state index in [1.165, 1.54) is 0 Å². The van der Waals surface area contributed by atoms with E-state index >= 15 is 0 Å². The fraction of sp³-hybridized carbons (Fsp3) is 0.412. The predicted octanol–water partition coefficient (Wildman–Crippen LogP) is 3.62. The molecule has 1 aromatic heterocycles. The van der Waals surface area contributed by atoms with Gasteiger partial charge in [-0.1, -0.05) is 11.6 Å². The van der Waals surface area contributed by atoms with Crippen LogP contribution < -0.4 is 5.43 Å². The van der Waals surface area contributed by atoms with Crippen LogP contribution in [0, 0.1) is 13.8 Å². The van der Waals surface area contributed by atoms with Crippen molar-refractivity contribution in [3.8, 4) is 0 Å². The van der Waals surface area contributed by atoms with Crippen LogP contribution in [0.25, 0.3) is 10.9 Å². The van der Waals surface area contributed by atoms with E-state index in [1.54, 1.807) is 12.1 Å². The first kappa shape index (κ1) is 15.1. The van der Waals surface area contributed by atoms with Gasteiger partial charge in [0, 0.05) is 34.1 Å². The molecule has 0 unspecified atom stereocenters. The molecule has 3 rings (SSSR count). The van der Waals surface area contributed by atoms with E-state index in [0.717, 1.165) is 29.6 Å². The van der Waals surface area contributed by atoms with Crippen LogP contribution in [0.1, 0.15) is 42.1 Å². The smallest absolute Gasteiger partial charge is 0.303 e. The third kappa shape index (κ3) is 2.41. The van der Waals surface area contributed by atoms with Crippen molar-refractivity contribution in [3.63, 3.8) is 0 Å². The maximum Gasteiger partial charge on any atom is 0.303 e. The summed E-state index contributed by atoms with van der Waals surface area (Å²) in [6.45, 7) is 3.84. The van der Waals surface area contributed by atoms with Gasteiger partial charge in [-0.3, -0.25) is 9.59 Å². The van der Waals surface area contributed by atoms with Crippen LogP contribution >= 0.6 is 11.6 Å². The lowest BCUT2D eigenvalue weighted by Gasteiger charge is -2.19. The number of halogens is 1. The molecule has 1 N–H and O–H groups in total. The maximum atomic E-state index is 12.8. The van der Waals surface area contributed by atoms with Crippen molar-refractivity contribution in [1.82, 2.24) is 4.57 Å². The summed E-state index contributed by atoms with van der Waals surface area (Å²) in [7, 11) is 0. The molecular formula is C17H18ClNO3. The number of benzene rings is 1. The van der Waals surface area contributed by atoms with Crippen molar-refractivity contribution in [2.24, 2.45) is 0 Å². The second-order valence-corrected chi connectivity index (χ2v) is 6.36. The topological polar surface area (TPSA) is 59.3 Å². The summed E-state index contributed by atoms with van der Waals surface area (Å²) in [6.07, 6.45) is 2.41. The average Bonchev–Trinajstić information content (AvgIpc) is 3.27. The molecule has 1 aliphatic carbocycles. The number of nitrogens with zero attached hydrogens (tertiary/aromatic N) is 1. The Kier molecular flexibility index (Phi) is 3.73. The molecule has 1 aliphatic rings. The standard InChI is InChI=1S/C17H18ClNO3/c1-9-14(18)7-5-13-16(9)19(11-3-4-11)10(2)12(17(13)22)6-8-15(20)21/h5,7,11H,3-4,6,8H2,1-2H3,(H,20,21). The minimum absolute atomic E-state index is 0.0289. The molecule has 5 heteroatoms. The van der Waals surface area contributed by atoms with Gasteiger partial charge in [0.1, 0.15) is 0 Å². The van der Waals surface area contributed by atoms with E-state index < -0.39 is 5.97 Å². The molecule has 0 radical (unpaired) electrons. The lowest BCUT2D eigenvalue weighted by Crippen LogP contribution is -2.20. The zero-order valence-electron chi connectivity index (χ0n) is 12.6. The van der Waals surface area contributed by atoms with Gasteiger partial charge in [-0.2, -0.15) is 0 Å². The lowest BCUT2D eigenvalue weighted by atomic mass is 10.0. The number of fused-ring (bicyclic) bond motifs is 1. The third-order valence-electron chi connectivity index (χ3n) is 4.42. The van der Waals surface area contributed by atoms with Crippen LogP contribution in [0.5, 0.6) is 0 Å². The SMILES string of the molecule is Cc1c(Cl)ccc2c(=O)c(CCC(=O)O)c(C)n(C3CC3)c12. The molecule has 0 saturated heterocycles. The zero-order valence-corrected chi connectivity index (χ0v) is 13.4. The van der Waals surface area contributed by atoms with Crippen molar-refractivity contribution in [2.45, 2.75) is 45.6 Å². The molecule has 2 aromatic rings. The molecule has 0 bridgehead atoms. The highest BCUT2D eigenvalue weighted by atomic mass is 35.5. The van der Waals surface area contributed by atoms with Crippen molar-refractivity contribution in [1.29, 1.82) is 0 Å². The molecule has 116 valence electrons. The largest absolute Gasteiger partial charge is 0.481 e. The Morgan fingerprint density at radius 2 is 2.05 bits per heavy atom. The van der Waals surface area contributed by atoms with E-state index in [0.29, 0.717) is 22.0 Å². The van der Waals surface area contributed by atoms with Crippen LogP contribution in [0.2, 0.25) is 5.02 Å². The van der Waals surface area contributed by atoms with Gasteiger partial charge in [0.25, 0.3) is 0 Å². The Bertz CT molecular complexity index is 834. The van der Waals surface area contributed by atoms with Gasteiger partial charge in [-0.25, -0.2) is 0 Å². The Morgan fingerprint density at radius 3 is 2.64 bits per heavy atom. The number of hydrogen-bond donors (Lipinski definition) is 1. The fourth-order valence-electron chi connectivity index (χ4n) is 3.12. The monoisotopic (exact) mass is 319 g/mol. The average molecular weight is 320 g/mol. The highest BCUT2D eigenvalue weighted by Crippen LogP contribution is 2.40. The number of carboxylic acids is 1. The van der Waals surface area contributed by atoms with Crippen molar-refractivity contribution >= 4 is 28.5 Å². The fourth-order valence-corrected chi connectivity index (χ4v) is 3.28. The zero-order chi connectivity index (χ0) is 16.0. The van der Waals surface area contributed by atoms with E-state index in [1.807, 2.05) is 13.8 Å². The minimum atomic E-state index is -0.885. The van der Waals surface area contributed by atoms with Gasteiger partial charge in [-0.05, 0) is 50.8 Å². The van der Waals surface area contributed by atoms with Gasteiger partial charge in [0.05, 0.1) is 5.52 Å². The Labute approximate surface area is 133 Å². The number of carboxylic acid groups (broad SMARTS) is 1. The molecule has 22 heavy (non-hydrogen) atoms. The van der Waals surface area contributed by atoms with Gasteiger partial charge in [0.2, 0.25) is 0 Å². The maximum absolute atomic E-state index is 12.8. The van der Waals surface area contributed by atoms with Gasteiger partial charge < -0.3 is 9.67 Å². The van der Waals surface area contributed by atoms with Crippen LogP contribution in [0.4, 0.5) is 0 Å². The summed E-state index contributed by atoms with van der Waals surface area (Å²) in [5, 5.41) is 10.2. The van der Waals surface area contributed by atoms with Crippen LogP contribution in [-0.2, 0) is 11.2 Å². The van der Waals surface area contributed by atoms with Crippen LogP contribution in [0.15, 0.2) is 16.9 Å². The molecule has 0 spiro atoms. The highest BCUT2D eigenvalue weighted by molar-refractivity contribution is 6.32. The molecule has 1 aromatic carbocycles. The quantitative estimate of drug-likeness (QED) is 0.936.